The molecule has 0 saturated carbocycles. The molecule has 0 saturated heterocycles. The van der Waals surface area contributed by atoms with Gasteiger partial charge in [-0.25, -0.2) is 0 Å². The maximum atomic E-state index is 12.9. The lowest BCUT2D eigenvalue weighted by Gasteiger charge is -2.25. The molecule has 0 atom stereocenters. The molecule has 0 aliphatic rings. The quantitative estimate of drug-likeness (QED) is 0.672. The SMILES string of the molecule is CNc1ccccc1/C(=C\C(=O)N=c1ccc2ccccc2n1C)C(C)(C)C. The van der Waals surface area contributed by atoms with Crippen molar-refractivity contribution in [3.05, 3.63) is 77.8 Å². The van der Waals surface area contributed by atoms with Crippen LogP contribution in [0.2, 0.25) is 0 Å². The molecule has 0 fully saturated rings. The number of amides is 1. The van der Waals surface area contributed by atoms with Gasteiger partial charge in [0, 0.05) is 36.9 Å². The Balaban J connectivity index is 2.11. The molecule has 3 aromatic rings. The van der Waals surface area contributed by atoms with E-state index in [0.717, 1.165) is 27.7 Å². The van der Waals surface area contributed by atoms with Crippen LogP contribution >= 0.6 is 0 Å². The van der Waals surface area contributed by atoms with Crippen molar-refractivity contribution in [3.8, 4) is 0 Å². The smallest absolute Gasteiger partial charge is 0.271 e. The first-order valence-corrected chi connectivity index (χ1v) is 9.44. The van der Waals surface area contributed by atoms with Gasteiger partial charge in [-0.3, -0.25) is 4.79 Å². The fourth-order valence-electron chi connectivity index (χ4n) is 3.35. The molecule has 1 amide bonds. The average Bonchev–Trinajstić information content (AvgIpc) is 2.67. The van der Waals surface area contributed by atoms with Crippen molar-refractivity contribution in [1.29, 1.82) is 0 Å². The number of pyridine rings is 1. The molecular weight excluding hydrogens is 346 g/mol. The Labute approximate surface area is 166 Å². The van der Waals surface area contributed by atoms with Gasteiger partial charge in [0.15, 0.2) is 0 Å². The zero-order valence-electron chi connectivity index (χ0n) is 17.2. The van der Waals surface area contributed by atoms with Gasteiger partial charge in [-0.2, -0.15) is 4.99 Å². The molecule has 1 aromatic heterocycles. The Morgan fingerprint density at radius 2 is 1.68 bits per heavy atom. The van der Waals surface area contributed by atoms with Gasteiger partial charge in [-0.15, -0.1) is 0 Å². The number of aryl methyl sites for hydroxylation is 1. The lowest BCUT2D eigenvalue weighted by atomic mass is 9.81. The molecule has 0 unspecified atom stereocenters. The number of anilines is 1. The zero-order valence-corrected chi connectivity index (χ0v) is 17.2. The first-order valence-electron chi connectivity index (χ1n) is 9.44. The van der Waals surface area contributed by atoms with Gasteiger partial charge in [0.2, 0.25) is 0 Å². The Kier molecular flexibility index (Phi) is 5.50. The van der Waals surface area contributed by atoms with Crippen LogP contribution in [0, 0.1) is 5.41 Å². The molecule has 1 N–H and O–H groups in total. The molecule has 144 valence electrons. The molecule has 4 nitrogen and oxygen atoms in total. The third-order valence-corrected chi connectivity index (χ3v) is 4.84. The Hall–Kier alpha value is -3.14. The number of allylic oxidation sites excluding steroid dienone is 1. The molecule has 28 heavy (non-hydrogen) atoms. The molecule has 4 heteroatoms. The monoisotopic (exact) mass is 373 g/mol. The topological polar surface area (TPSA) is 46.4 Å². The second-order valence-electron chi connectivity index (χ2n) is 7.86. The second-order valence-corrected chi connectivity index (χ2v) is 7.86. The van der Waals surface area contributed by atoms with Crippen LogP contribution in [-0.2, 0) is 11.8 Å². The van der Waals surface area contributed by atoms with Crippen molar-refractivity contribution in [2.75, 3.05) is 12.4 Å². The van der Waals surface area contributed by atoms with Gasteiger partial charge < -0.3 is 9.88 Å². The van der Waals surface area contributed by atoms with Crippen LogP contribution in [0.15, 0.2) is 71.7 Å². The van der Waals surface area contributed by atoms with E-state index in [-0.39, 0.29) is 11.3 Å². The lowest BCUT2D eigenvalue weighted by molar-refractivity contribution is -0.113. The lowest BCUT2D eigenvalue weighted by Crippen LogP contribution is -2.19. The largest absolute Gasteiger partial charge is 0.388 e. The third-order valence-electron chi connectivity index (χ3n) is 4.84. The number of aromatic nitrogens is 1. The maximum absolute atomic E-state index is 12.9. The minimum Gasteiger partial charge on any atom is -0.388 e. The minimum atomic E-state index is -0.262. The summed E-state index contributed by atoms with van der Waals surface area (Å²) < 4.78 is 1.94. The summed E-state index contributed by atoms with van der Waals surface area (Å²) in [6.45, 7) is 6.32. The van der Waals surface area contributed by atoms with Crippen LogP contribution in [0.5, 0.6) is 0 Å². The van der Waals surface area contributed by atoms with E-state index >= 15 is 0 Å². The van der Waals surface area contributed by atoms with Crippen molar-refractivity contribution in [2.45, 2.75) is 20.8 Å². The summed E-state index contributed by atoms with van der Waals surface area (Å²) in [6, 6.07) is 20.0. The van der Waals surface area contributed by atoms with E-state index in [4.69, 9.17) is 0 Å². The Morgan fingerprint density at radius 3 is 2.39 bits per heavy atom. The Morgan fingerprint density at radius 1 is 1.00 bits per heavy atom. The number of carbonyl (C=O) groups is 1. The van der Waals surface area contributed by atoms with Crippen LogP contribution < -0.4 is 10.8 Å². The number of carbonyl (C=O) groups excluding carboxylic acids is 1. The van der Waals surface area contributed by atoms with Gasteiger partial charge in [-0.05, 0) is 40.6 Å². The third kappa shape index (κ3) is 4.06. The van der Waals surface area contributed by atoms with Crippen LogP contribution in [0.25, 0.3) is 16.5 Å². The summed E-state index contributed by atoms with van der Waals surface area (Å²) in [5, 5.41) is 4.33. The number of hydrogen-bond donors (Lipinski definition) is 1. The summed E-state index contributed by atoms with van der Waals surface area (Å²) in [5.74, 6) is -0.262. The normalized spacial score (nSPS) is 13.0. The summed E-state index contributed by atoms with van der Waals surface area (Å²) in [7, 11) is 3.82. The van der Waals surface area contributed by atoms with Gasteiger partial charge in [-0.1, -0.05) is 57.2 Å². The van der Waals surface area contributed by atoms with E-state index in [1.54, 1.807) is 6.08 Å². The number of rotatable bonds is 3. The van der Waals surface area contributed by atoms with Crippen molar-refractivity contribution < 1.29 is 4.79 Å². The van der Waals surface area contributed by atoms with E-state index < -0.39 is 0 Å². The second kappa shape index (κ2) is 7.85. The van der Waals surface area contributed by atoms with Crippen molar-refractivity contribution >= 4 is 28.1 Å². The average molecular weight is 374 g/mol. The summed E-state index contributed by atoms with van der Waals surface area (Å²) in [5.41, 5.74) is 4.43. The number of hydrogen-bond acceptors (Lipinski definition) is 2. The van der Waals surface area contributed by atoms with Crippen LogP contribution in [-0.4, -0.2) is 17.5 Å². The molecule has 0 aliphatic carbocycles. The van der Waals surface area contributed by atoms with Gasteiger partial charge in [0.05, 0.1) is 0 Å². The van der Waals surface area contributed by atoms with E-state index in [9.17, 15) is 4.79 Å². The minimum absolute atomic E-state index is 0.205. The fourth-order valence-corrected chi connectivity index (χ4v) is 3.35. The highest BCUT2D eigenvalue weighted by Crippen LogP contribution is 2.37. The number of nitrogens with one attached hydrogen (secondary N) is 1. The van der Waals surface area contributed by atoms with E-state index in [1.807, 2.05) is 79.3 Å². The van der Waals surface area contributed by atoms with E-state index in [1.165, 1.54) is 0 Å². The van der Waals surface area contributed by atoms with E-state index in [2.05, 4.69) is 31.1 Å². The molecular formula is C24H27N3O. The highest BCUT2D eigenvalue weighted by Gasteiger charge is 2.22. The highest BCUT2D eigenvalue weighted by molar-refractivity contribution is 5.98. The first-order chi connectivity index (χ1) is 13.3. The van der Waals surface area contributed by atoms with Crippen LogP contribution in [0.4, 0.5) is 5.69 Å². The molecule has 2 aromatic carbocycles. The van der Waals surface area contributed by atoms with Crippen LogP contribution in [0.3, 0.4) is 0 Å². The summed E-state index contributed by atoms with van der Waals surface area (Å²) in [6.07, 6.45) is 1.66. The molecule has 1 heterocycles. The highest BCUT2D eigenvalue weighted by atomic mass is 16.1. The molecule has 3 rings (SSSR count). The van der Waals surface area contributed by atoms with Crippen molar-refractivity contribution in [2.24, 2.45) is 17.5 Å². The Bertz CT molecular complexity index is 1110. The zero-order chi connectivity index (χ0) is 20.3. The number of benzene rings is 2. The maximum Gasteiger partial charge on any atom is 0.271 e. The van der Waals surface area contributed by atoms with E-state index in [0.29, 0.717) is 5.49 Å². The molecule has 0 spiro atoms. The standard InChI is InChI=1S/C24H27N3O/c1-24(2,3)19(18-11-7-8-12-20(18)25-4)16-23(28)26-22-15-14-17-10-6-9-13-21(17)27(22)5/h6-16,25H,1-5H3/b19-16+,26-22?. The van der Waals surface area contributed by atoms with Gasteiger partial charge in [0.1, 0.15) is 5.49 Å². The molecule has 0 radical (unpaired) electrons. The predicted molar refractivity (Wildman–Crippen MR) is 117 cm³/mol. The van der Waals surface area contributed by atoms with Gasteiger partial charge >= 0.3 is 0 Å². The molecule has 0 bridgehead atoms. The number of para-hydroxylation sites is 2. The fraction of sp³-hybridized carbons (Fsp3) is 0.250. The predicted octanol–water partition coefficient (Wildman–Crippen LogP) is 4.78. The van der Waals surface area contributed by atoms with Gasteiger partial charge in [0.25, 0.3) is 5.91 Å². The van der Waals surface area contributed by atoms with Crippen LogP contribution in [0.1, 0.15) is 26.3 Å². The number of fused-ring (bicyclic) bond motifs is 1. The summed E-state index contributed by atoms with van der Waals surface area (Å²) in [4.78, 5) is 17.2. The molecule has 0 aliphatic heterocycles. The number of nitrogens with zero attached hydrogens (tertiary/aromatic N) is 2. The summed E-state index contributed by atoms with van der Waals surface area (Å²) >= 11 is 0. The van der Waals surface area contributed by atoms with Crippen molar-refractivity contribution in [1.82, 2.24) is 4.57 Å². The first kappa shape index (κ1) is 19.6. The van der Waals surface area contributed by atoms with Crippen molar-refractivity contribution in [3.63, 3.8) is 0 Å².